The summed E-state index contributed by atoms with van der Waals surface area (Å²) < 4.78 is 0. The average molecular weight is 235 g/mol. The largest absolute Gasteiger partial charge is 0.388 e. The van der Waals surface area contributed by atoms with E-state index >= 15 is 0 Å². The Morgan fingerprint density at radius 1 is 1.47 bits per heavy atom. The van der Waals surface area contributed by atoms with Crippen LogP contribution < -0.4 is 0 Å². The summed E-state index contributed by atoms with van der Waals surface area (Å²) in [6, 6.07) is -0.115. The Balaban J connectivity index is 2.14. The topological polar surface area (TPSA) is 66.3 Å². The zero-order valence-electron chi connectivity index (χ0n) is 10.3. The summed E-state index contributed by atoms with van der Waals surface area (Å²) in [6.07, 6.45) is 3.90. The van der Waals surface area contributed by atoms with Crippen LogP contribution in [0.5, 0.6) is 0 Å². The van der Waals surface area contributed by atoms with Crippen LogP contribution in [0, 0.1) is 6.92 Å². The number of aromatic nitrogens is 2. The van der Waals surface area contributed by atoms with Gasteiger partial charge >= 0.3 is 0 Å². The predicted molar refractivity (Wildman–Crippen MR) is 62.5 cm³/mol. The molecule has 2 rings (SSSR count). The molecule has 5 heteroatoms. The van der Waals surface area contributed by atoms with Gasteiger partial charge in [-0.1, -0.05) is 0 Å². The first-order valence-electron chi connectivity index (χ1n) is 5.71. The first-order chi connectivity index (χ1) is 7.89. The minimum absolute atomic E-state index is 0.108. The molecular weight excluding hydrogens is 218 g/mol. The third kappa shape index (κ3) is 2.29. The van der Waals surface area contributed by atoms with Gasteiger partial charge in [-0.25, -0.2) is 9.97 Å². The SMILES string of the molecule is Cc1ncc(C(=O)N2CCC2C(C)(C)O)cn1. The van der Waals surface area contributed by atoms with Crippen LogP contribution in [-0.2, 0) is 0 Å². The first-order valence-corrected chi connectivity index (χ1v) is 5.71. The van der Waals surface area contributed by atoms with E-state index in [1.165, 1.54) is 12.4 Å². The van der Waals surface area contributed by atoms with Crippen LogP contribution in [0.1, 0.15) is 36.5 Å². The third-order valence-corrected chi connectivity index (χ3v) is 3.12. The van der Waals surface area contributed by atoms with Gasteiger partial charge in [0.15, 0.2) is 0 Å². The van der Waals surface area contributed by atoms with E-state index in [4.69, 9.17) is 0 Å². The van der Waals surface area contributed by atoms with Gasteiger partial charge in [0.05, 0.1) is 17.2 Å². The van der Waals surface area contributed by atoms with Crippen LogP contribution in [0.25, 0.3) is 0 Å². The van der Waals surface area contributed by atoms with E-state index in [0.717, 1.165) is 6.42 Å². The summed E-state index contributed by atoms with van der Waals surface area (Å²) >= 11 is 0. The maximum Gasteiger partial charge on any atom is 0.257 e. The van der Waals surface area contributed by atoms with Crippen molar-refractivity contribution in [3.8, 4) is 0 Å². The molecule has 1 aromatic heterocycles. The number of amides is 1. The lowest BCUT2D eigenvalue weighted by Crippen LogP contribution is -2.60. The van der Waals surface area contributed by atoms with Gasteiger partial charge in [0.2, 0.25) is 0 Å². The lowest BCUT2D eigenvalue weighted by molar-refractivity contribution is -0.0550. The molecule has 17 heavy (non-hydrogen) atoms. The van der Waals surface area contributed by atoms with Crippen LogP contribution >= 0.6 is 0 Å². The standard InChI is InChI=1S/C12H17N3O2/c1-8-13-6-9(7-14-8)11(16)15-5-4-10(15)12(2,3)17/h6-7,10,17H,4-5H2,1-3H3. The van der Waals surface area contributed by atoms with Gasteiger partial charge in [0.1, 0.15) is 5.82 Å². The molecule has 1 N–H and O–H groups in total. The lowest BCUT2D eigenvalue weighted by atomic mass is 9.87. The van der Waals surface area contributed by atoms with Crippen molar-refractivity contribution in [2.45, 2.75) is 38.8 Å². The highest BCUT2D eigenvalue weighted by atomic mass is 16.3. The number of aryl methyl sites for hydroxylation is 1. The zero-order chi connectivity index (χ0) is 12.6. The molecule has 1 saturated heterocycles. The van der Waals surface area contributed by atoms with Crippen LogP contribution in [-0.4, -0.2) is 44.1 Å². The van der Waals surface area contributed by atoms with Crippen molar-refractivity contribution >= 4 is 5.91 Å². The van der Waals surface area contributed by atoms with E-state index in [0.29, 0.717) is 17.9 Å². The molecule has 92 valence electrons. The smallest absolute Gasteiger partial charge is 0.257 e. The Hall–Kier alpha value is -1.49. The Morgan fingerprint density at radius 2 is 2.06 bits per heavy atom. The second-order valence-corrected chi connectivity index (χ2v) is 4.98. The highest BCUT2D eigenvalue weighted by Gasteiger charge is 2.41. The Morgan fingerprint density at radius 3 is 2.47 bits per heavy atom. The summed E-state index contributed by atoms with van der Waals surface area (Å²) in [4.78, 5) is 21.8. The van der Waals surface area contributed by atoms with E-state index in [1.807, 2.05) is 0 Å². The fourth-order valence-corrected chi connectivity index (χ4v) is 2.03. The fourth-order valence-electron chi connectivity index (χ4n) is 2.03. The molecule has 0 bridgehead atoms. The predicted octanol–water partition coefficient (Wildman–Crippen LogP) is 0.770. The quantitative estimate of drug-likeness (QED) is 0.822. The molecule has 1 atom stereocenters. The lowest BCUT2D eigenvalue weighted by Gasteiger charge is -2.47. The Bertz CT molecular complexity index is 422. The number of hydrogen-bond donors (Lipinski definition) is 1. The number of hydrogen-bond acceptors (Lipinski definition) is 4. The number of aliphatic hydroxyl groups is 1. The third-order valence-electron chi connectivity index (χ3n) is 3.12. The normalized spacial score (nSPS) is 20.0. The van der Waals surface area contributed by atoms with E-state index in [-0.39, 0.29) is 11.9 Å². The maximum atomic E-state index is 12.1. The van der Waals surface area contributed by atoms with Gasteiger partial charge in [0, 0.05) is 18.9 Å². The number of carbonyl (C=O) groups excluding carboxylic acids is 1. The molecule has 0 spiro atoms. The van der Waals surface area contributed by atoms with E-state index in [2.05, 4.69) is 9.97 Å². The number of nitrogens with zero attached hydrogens (tertiary/aromatic N) is 3. The summed E-state index contributed by atoms with van der Waals surface area (Å²) in [5, 5.41) is 9.92. The highest BCUT2D eigenvalue weighted by Crippen LogP contribution is 2.28. The summed E-state index contributed by atoms with van der Waals surface area (Å²) in [7, 11) is 0. The Labute approximate surface area is 100 Å². The maximum absolute atomic E-state index is 12.1. The molecule has 0 saturated carbocycles. The molecule has 2 heterocycles. The molecule has 1 amide bonds. The number of rotatable bonds is 2. The molecule has 1 fully saturated rings. The summed E-state index contributed by atoms with van der Waals surface area (Å²) in [6.45, 7) is 5.91. The van der Waals surface area contributed by atoms with Crippen molar-refractivity contribution in [3.05, 3.63) is 23.8 Å². The van der Waals surface area contributed by atoms with Gasteiger partial charge in [-0.05, 0) is 27.2 Å². The average Bonchev–Trinajstić information content (AvgIpc) is 2.13. The molecule has 1 aliphatic heterocycles. The number of carbonyl (C=O) groups is 1. The van der Waals surface area contributed by atoms with E-state index < -0.39 is 5.60 Å². The fraction of sp³-hybridized carbons (Fsp3) is 0.583. The molecule has 0 radical (unpaired) electrons. The zero-order valence-corrected chi connectivity index (χ0v) is 10.3. The second kappa shape index (κ2) is 4.07. The van der Waals surface area contributed by atoms with Gasteiger partial charge in [0.25, 0.3) is 5.91 Å². The van der Waals surface area contributed by atoms with Crippen molar-refractivity contribution in [1.29, 1.82) is 0 Å². The monoisotopic (exact) mass is 235 g/mol. The van der Waals surface area contributed by atoms with Crippen LogP contribution in [0.15, 0.2) is 12.4 Å². The molecule has 0 aliphatic carbocycles. The van der Waals surface area contributed by atoms with Crippen molar-refractivity contribution in [3.63, 3.8) is 0 Å². The molecule has 0 aromatic carbocycles. The van der Waals surface area contributed by atoms with Gasteiger partial charge in [-0.3, -0.25) is 4.79 Å². The van der Waals surface area contributed by atoms with Gasteiger partial charge in [-0.2, -0.15) is 0 Å². The van der Waals surface area contributed by atoms with Crippen LogP contribution in [0.3, 0.4) is 0 Å². The molecular formula is C12H17N3O2. The van der Waals surface area contributed by atoms with Crippen molar-refractivity contribution < 1.29 is 9.90 Å². The number of likely N-dealkylation sites (tertiary alicyclic amines) is 1. The first kappa shape index (κ1) is 12.0. The van der Waals surface area contributed by atoms with Crippen molar-refractivity contribution in [2.24, 2.45) is 0 Å². The van der Waals surface area contributed by atoms with Crippen LogP contribution in [0.2, 0.25) is 0 Å². The summed E-state index contributed by atoms with van der Waals surface area (Å²) in [5.74, 6) is 0.535. The summed E-state index contributed by atoms with van der Waals surface area (Å²) in [5.41, 5.74) is -0.385. The molecule has 1 aromatic rings. The Kier molecular flexibility index (Phi) is 2.87. The van der Waals surface area contributed by atoms with Gasteiger partial charge < -0.3 is 10.0 Å². The van der Waals surface area contributed by atoms with E-state index in [1.54, 1.807) is 25.7 Å². The van der Waals surface area contributed by atoms with Crippen LogP contribution in [0.4, 0.5) is 0 Å². The second-order valence-electron chi connectivity index (χ2n) is 4.98. The van der Waals surface area contributed by atoms with E-state index in [9.17, 15) is 9.90 Å². The molecule has 1 unspecified atom stereocenters. The highest BCUT2D eigenvalue weighted by molar-refractivity contribution is 5.94. The molecule has 1 aliphatic rings. The minimum atomic E-state index is -0.862. The minimum Gasteiger partial charge on any atom is -0.388 e. The van der Waals surface area contributed by atoms with Gasteiger partial charge in [-0.15, -0.1) is 0 Å². The van der Waals surface area contributed by atoms with Crippen molar-refractivity contribution in [2.75, 3.05) is 6.54 Å². The molecule has 5 nitrogen and oxygen atoms in total. The van der Waals surface area contributed by atoms with Crippen molar-refractivity contribution in [1.82, 2.24) is 14.9 Å².